The van der Waals surface area contributed by atoms with Crippen molar-refractivity contribution < 1.29 is 0 Å². The molecule has 0 unspecified atom stereocenters. The van der Waals surface area contributed by atoms with Gasteiger partial charge >= 0.3 is 0 Å². The van der Waals surface area contributed by atoms with Gasteiger partial charge in [-0.15, -0.1) is 0 Å². The van der Waals surface area contributed by atoms with Gasteiger partial charge < -0.3 is 0 Å². The lowest BCUT2D eigenvalue weighted by Gasteiger charge is -2.06. The Hall–Kier alpha value is -2.07. The van der Waals surface area contributed by atoms with E-state index in [1.54, 1.807) is 0 Å². The van der Waals surface area contributed by atoms with Crippen molar-refractivity contribution in [2.45, 2.75) is 20.3 Å². The molecule has 1 aliphatic rings. The van der Waals surface area contributed by atoms with Gasteiger partial charge in [0.05, 0.1) is 6.07 Å². The van der Waals surface area contributed by atoms with Gasteiger partial charge in [-0.1, -0.05) is 48.6 Å². The fourth-order valence-corrected chi connectivity index (χ4v) is 1.56. The van der Waals surface area contributed by atoms with Crippen molar-refractivity contribution in [1.82, 2.24) is 0 Å². The van der Waals surface area contributed by atoms with Gasteiger partial charge in [-0.2, -0.15) is 5.26 Å². The Labute approximate surface area is 103 Å². The maximum atomic E-state index is 8.98. The molecule has 0 aromatic rings. The number of allylic oxidation sites excluding steroid dienone is 11. The number of nitrogens with zero attached hydrogens (tertiary/aromatic N) is 1. The summed E-state index contributed by atoms with van der Waals surface area (Å²) in [5.74, 6) is 0. The van der Waals surface area contributed by atoms with Gasteiger partial charge in [0.2, 0.25) is 0 Å². The lowest BCUT2D eigenvalue weighted by molar-refractivity contribution is 1.18. The van der Waals surface area contributed by atoms with Crippen LogP contribution in [-0.4, -0.2) is 0 Å². The Morgan fingerprint density at radius 3 is 2.65 bits per heavy atom. The van der Waals surface area contributed by atoms with Crippen LogP contribution in [0.5, 0.6) is 0 Å². The highest BCUT2D eigenvalue weighted by molar-refractivity contribution is 5.48. The topological polar surface area (TPSA) is 23.8 Å². The molecule has 0 aromatic carbocycles. The molecule has 0 N–H and O–H groups in total. The van der Waals surface area contributed by atoms with Crippen molar-refractivity contribution in [2.75, 3.05) is 0 Å². The molecule has 0 spiro atoms. The maximum Gasteiger partial charge on any atom is 0.0950 e. The van der Waals surface area contributed by atoms with Crippen LogP contribution in [0.25, 0.3) is 0 Å². The third kappa shape index (κ3) is 4.12. The molecule has 0 amide bonds. The number of rotatable bonds is 3. The Kier molecular flexibility index (Phi) is 4.97. The van der Waals surface area contributed by atoms with Crippen molar-refractivity contribution in [3.05, 3.63) is 71.4 Å². The molecule has 0 radical (unpaired) electrons. The van der Waals surface area contributed by atoms with Gasteiger partial charge in [-0.3, -0.25) is 0 Å². The van der Waals surface area contributed by atoms with Crippen molar-refractivity contribution in [3.8, 4) is 6.07 Å². The third-order valence-corrected chi connectivity index (χ3v) is 2.46. The van der Waals surface area contributed by atoms with Crippen LogP contribution < -0.4 is 0 Å². The van der Waals surface area contributed by atoms with Gasteiger partial charge in [0, 0.05) is 12.0 Å². The molecule has 0 heterocycles. The largest absolute Gasteiger partial charge is 0.193 e. The lowest BCUT2D eigenvalue weighted by atomic mass is 9.98. The summed E-state index contributed by atoms with van der Waals surface area (Å²) in [5, 5.41) is 8.98. The molecule has 0 atom stereocenters. The molecule has 1 rings (SSSR count). The van der Waals surface area contributed by atoms with E-state index in [1.165, 1.54) is 0 Å². The lowest BCUT2D eigenvalue weighted by Crippen LogP contribution is -1.89. The molecular formula is C16H17N. The number of hydrogen-bond donors (Lipinski definition) is 0. The highest BCUT2D eigenvalue weighted by Gasteiger charge is 2.06. The van der Waals surface area contributed by atoms with Crippen molar-refractivity contribution in [2.24, 2.45) is 0 Å². The monoisotopic (exact) mass is 223 g/mol. The minimum Gasteiger partial charge on any atom is -0.193 e. The fourth-order valence-electron chi connectivity index (χ4n) is 1.56. The SMILES string of the molecule is C=C(C)/C=C\C(=C/C)C1=CC=CC=C(C#N)C1. The first-order chi connectivity index (χ1) is 8.17. The second-order valence-electron chi connectivity index (χ2n) is 3.98. The van der Waals surface area contributed by atoms with Crippen LogP contribution in [0, 0.1) is 11.3 Å². The Bertz CT molecular complexity index is 488. The molecule has 1 aliphatic carbocycles. The Balaban J connectivity index is 2.96. The van der Waals surface area contributed by atoms with E-state index in [0.717, 1.165) is 22.3 Å². The summed E-state index contributed by atoms with van der Waals surface area (Å²) in [7, 11) is 0. The zero-order valence-electron chi connectivity index (χ0n) is 10.4. The van der Waals surface area contributed by atoms with E-state index in [-0.39, 0.29) is 0 Å². The van der Waals surface area contributed by atoms with E-state index in [0.29, 0.717) is 6.42 Å². The minimum absolute atomic E-state index is 0.684. The van der Waals surface area contributed by atoms with Crippen molar-refractivity contribution in [1.29, 1.82) is 5.26 Å². The van der Waals surface area contributed by atoms with Gasteiger partial charge in [0.25, 0.3) is 0 Å². The first-order valence-electron chi connectivity index (χ1n) is 5.64. The van der Waals surface area contributed by atoms with Crippen molar-refractivity contribution in [3.63, 3.8) is 0 Å². The van der Waals surface area contributed by atoms with Crippen LogP contribution in [0.3, 0.4) is 0 Å². The summed E-state index contributed by atoms with van der Waals surface area (Å²) < 4.78 is 0. The van der Waals surface area contributed by atoms with E-state index < -0.39 is 0 Å². The van der Waals surface area contributed by atoms with Crippen LogP contribution >= 0.6 is 0 Å². The molecule has 0 bridgehead atoms. The smallest absolute Gasteiger partial charge is 0.0950 e. The molecule has 0 aliphatic heterocycles. The molecule has 0 saturated heterocycles. The molecule has 1 nitrogen and oxygen atoms in total. The number of nitriles is 1. The Morgan fingerprint density at radius 2 is 2.06 bits per heavy atom. The minimum atomic E-state index is 0.684. The predicted octanol–water partition coefficient (Wildman–Crippen LogP) is 4.40. The first-order valence-corrected chi connectivity index (χ1v) is 5.64. The Morgan fingerprint density at radius 1 is 1.35 bits per heavy atom. The van der Waals surface area contributed by atoms with E-state index in [2.05, 4.69) is 24.8 Å². The second-order valence-corrected chi connectivity index (χ2v) is 3.98. The van der Waals surface area contributed by atoms with Crippen LogP contribution in [-0.2, 0) is 0 Å². The van der Waals surface area contributed by atoms with Gasteiger partial charge in [0.15, 0.2) is 0 Å². The predicted molar refractivity (Wildman–Crippen MR) is 73.2 cm³/mol. The van der Waals surface area contributed by atoms with Crippen LogP contribution in [0.1, 0.15) is 20.3 Å². The van der Waals surface area contributed by atoms with Crippen LogP contribution in [0.2, 0.25) is 0 Å². The second kappa shape index (κ2) is 6.50. The zero-order valence-corrected chi connectivity index (χ0v) is 10.4. The van der Waals surface area contributed by atoms with Crippen LogP contribution in [0.4, 0.5) is 0 Å². The number of hydrogen-bond acceptors (Lipinski definition) is 1. The maximum absolute atomic E-state index is 8.98. The summed E-state index contributed by atoms with van der Waals surface area (Å²) in [4.78, 5) is 0. The van der Waals surface area contributed by atoms with E-state index >= 15 is 0 Å². The van der Waals surface area contributed by atoms with Gasteiger partial charge in [-0.25, -0.2) is 0 Å². The molecule has 0 saturated carbocycles. The normalized spacial score (nSPS) is 16.2. The quantitative estimate of drug-likeness (QED) is 0.650. The van der Waals surface area contributed by atoms with E-state index in [1.807, 2.05) is 44.2 Å². The van der Waals surface area contributed by atoms with E-state index in [4.69, 9.17) is 5.26 Å². The standard InChI is InChI=1S/C16H17N/c1-4-15(10-9-13(2)3)16-8-6-5-7-14(11-16)12-17/h4-10H,2,11H2,1,3H3/b10-9-,15-4+. The van der Waals surface area contributed by atoms with Gasteiger partial charge in [-0.05, 0) is 31.1 Å². The van der Waals surface area contributed by atoms with E-state index in [9.17, 15) is 0 Å². The summed E-state index contributed by atoms with van der Waals surface area (Å²) in [6.45, 7) is 7.81. The van der Waals surface area contributed by atoms with Crippen molar-refractivity contribution >= 4 is 0 Å². The summed E-state index contributed by atoms with van der Waals surface area (Å²) >= 11 is 0. The summed E-state index contributed by atoms with van der Waals surface area (Å²) in [6, 6.07) is 2.22. The highest BCUT2D eigenvalue weighted by Crippen LogP contribution is 2.22. The molecule has 1 heteroatoms. The van der Waals surface area contributed by atoms with Crippen LogP contribution in [0.15, 0.2) is 71.4 Å². The summed E-state index contributed by atoms with van der Waals surface area (Å²) in [5.41, 5.74) is 4.10. The molecule has 86 valence electrons. The third-order valence-electron chi connectivity index (χ3n) is 2.46. The zero-order chi connectivity index (χ0) is 12.7. The highest BCUT2D eigenvalue weighted by atomic mass is 14.2. The average molecular weight is 223 g/mol. The molecule has 17 heavy (non-hydrogen) atoms. The average Bonchev–Trinajstić information content (AvgIpc) is 2.55. The molecular weight excluding hydrogens is 206 g/mol. The summed E-state index contributed by atoms with van der Waals surface area (Å²) in [6.07, 6.45) is 14.6. The first kappa shape index (κ1) is 13.0. The fraction of sp³-hybridized carbons (Fsp3) is 0.188. The molecule has 0 aromatic heterocycles. The van der Waals surface area contributed by atoms with Gasteiger partial charge in [0.1, 0.15) is 0 Å². The molecule has 0 fully saturated rings.